The number of pyridine rings is 1. The molecule has 3 N–H and O–H groups in total. The number of aromatic nitrogens is 1. The first kappa shape index (κ1) is 40.0. The second-order valence-corrected chi connectivity index (χ2v) is 19.6. The Bertz CT molecular complexity index is 2050. The minimum atomic E-state index is -3.99. The van der Waals surface area contributed by atoms with Crippen molar-refractivity contribution in [1.29, 1.82) is 0 Å². The van der Waals surface area contributed by atoms with E-state index in [1.807, 2.05) is 39.0 Å². The predicted octanol–water partition coefficient (Wildman–Crippen LogP) is 5.30. The van der Waals surface area contributed by atoms with Crippen molar-refractivity contribution in [2.45, 2.75) is 146 Å². The van der Waals surface area contributed by atoms with Crippen LogP contribution in [0.1, 0.15) is 115 Å². The Morgan fingerprint density at radius 2 is 1.89 bits per heavy atom. The number of alkyl carbamates (subject to hydrolysis) is 1. The Morgan fingerprint density at radius 3 is 2.59 bits per heavy atom. The largest absolute Gasteiger partial charge is 0.483 e. The highest BCUT2D eigenvalue weighted by Gasteiger charge is 2.59. The Kier molecular flexibility index (Phi) is 10.9. The number of sulfonamides is 1. The molecule has 56 heavy (non-hydrogen) atoms. The van der Waals surface area contributed by atoms with Crippen molar-refractivity contribution in [3.63, 3.8) is 0 Å². The molecule has 0 radical (unpaired) electrons. The van der Waals surface area contributed by atoms with Gasteiger partial charge in [-0.15, -0.1) is 0 Å². The molecule has 14 heteroatoms. The van der Waals surface area contributed by atoms with Gasteiger partial charge in [-0.25, -0.2) is 18.2 Å². The fourth-order valence-electron chi connectivity index (χ4n) is 8.76. The molecule has 2 saturated carbocycles. The first-order valence-electron chi connectivity index (χ1n) is 20.5. The monoisotopic (exact) mass is 791 g/mol. The van der Waals surface area contributed by atoms with Gasteiger partial charge in [0.15, 0.2) is 0 Å². The first-order valence-corrected chi connectivity index (χ1v) is 22.0. The third kappa shape index (κ3) is 7.61. The van der Waals surface area contributed by atoms with E-state index in [4.69, 9.17) is 14.5 Å². The van der Waals surface area contributed by atoms with E-state index in [9.17, 15) is 27.6 Å². The molecule has 5 atom stereocenters. The summed E-state index contributed by atoms with van der Waals surface area (Å²) in [5, 5.41) is 6.86. The Morgan fingerprint density at radius 1 is 1.11 bits per heavy atom. The maximum Gasteiger partial charge on any atom is 0.407 e. The van der Waals surface area contributed by atoms with Crippen molar-refractivity contribution in [3.05, 3.63) is 47.2 Å². The smallest absolute Gasteiger partial charge is 0.407 e. The number of allylic oxidation sites excluding steroid dienone is 1. The van der Waals surface area contributed by atoms with Crippen molar-refractivity contribution in [2.24, 2.45) is 11.8 Å². The van der Waals surface area contributed by atoms with E-state index in [1.54, 1.807) is 6.92 Å². The number of fused-ring (bicyclic) bond motifs is 5. The SMILES string of the molecule is CCc1ccc2nc(C)c3c(c2c1)CC[C@]1(C[C@H]2C(=O)N[C@]4(C(=O)NS(=O)(=O)C5(C)CC5)CC[C@H]4/C=C\CCCCC[C@H](NC(=O)OCC(C)C)C(=O)N2C1)O3. The van der Waals surface area contributed by atoms with Crippen LogP contribution in [-0.2, 0) is 42.0 Å². The van der Waals surface area contributed by atoms with Gasteiger partial charge in [0.2, 0.25) is 21.8 Å². The standard InChI is InChI=1S/C42H57N5O8S/c1-6-28-14-15-32-31(22-28)30-17-18-41(55-35(30)27(4)43-32)23-34-36(48)45-42(38(50)46-56(52,53)40(5)20-21-40)19-16-29(42)12-10-8-7-9-11-13-33(37(49)47(34)25-41)44-39(51)54-24-26(2)3/h10,12,14-15,22,26,29,33-34H,6-9,11,13,16-21,23-25H2,1-5H3,(H,44,51)(H,45,48)(H,46,50)/b12-10-/t29-,33+,34+,41-,42-/m1/s1. The molecular weight excluding hydrogens is 735 g/mol. The number of hydrogen-bond acceptors (Lipinski definition) is 9. The van der Waals surface area contributed by atoms with Gasteiger partial charge in [-0.3, -0.25) is 19.1 Å². The van der Waals surface area contributed by atoms with Gasteiger partial charge in [0.1, 0.15) is 29.0 Å². The molecule has 5 aliphatic rings. The van der Waals surface area contributed by atoms with Crippen LogP contribution in [0.5, 0.6) is 5.75 Å². The number of nitrogens with zero attached hydrogens (tertiary/aromatic N) is 2. The van der Waals surface area contributed by atoms with E-state index < -0.39 is 67.7 Å². The van der Waals surface area contributed by atoms with Crippen LogP contribution in [0.4, 0.5) is 4.79 Å². The fraction of sp³-hybridized carbons (Fsp3) is 0.643. The molecule has 1 aromatic heterocycles. The Hall–Kier alpha value is -4.20. The molecule has 304 valence electrons. The van der Waals surface area contributed by atoms with Crippen molar-refractivity contribution in [3.8, 4) is 5.75 Å². The van der Waals surface area contributed by atoms with Gasteiger partial charge in [0.25, 0.3) is 5.91 Å². The lowest BCUT2D eigenvalue weighted by Crippen LogP contribution is -2.70. The van der Waals surface area contributed by atoms with Gasteiger partial charge >= 0.3 is 6.09 Å². The van der Waals surface area contributed by atoms with Crippen LogP contribution in [0.2, 0.25) is 0 Å². The summed E-state index contributed by atoms with van der Waals surface area (Å²) in [6.45, 7) is 9.74. The van der Waals surface area contributed by atoms with Crippen LogP contribution in [-0.4, -0.2) is 83.2 Å². The van der Waals surface area contributed by atoms with Crippen molar-refractivity contribution >= 4 is 44.7 Å². The van der Waals surface area contributed by atoms with E-state index in [2.05, 4.69) is 34.4 Å². The summed E-state index contributed by atoms with van der Waals surface area (Å²) >= 11 is 0. The maximum absolute atomic E-state index is 14.8. The zero-order valence-corrected chi connectivity index (χ0v) is 34.2. The highest BCUT2D eigenvalue weighted by molar-refractivity contribution is 7.91. The molecule has 4 heterocycles. The minimum absolute atomic E-state index is 0.0737. The molecule has 4 amide bonds. The van der Waals surface area contributed by atoms with Crippen LogP contribution in [0.3, 0.4) is 0 Å². The number of nitrogens with one attached hydrogen (secondary N) is 3. The summed E-state index contributed by atoms with van der Waals surface area (Å²) in [7, 11) is -3.99. The second kappa shape index (κ2) is 15.3. The molecule has 2 aromatic rings. The highest BCUT2D eigenvalue weighted by atomic mass is 32.2. The van der Waals surface area contributed by atoms with E-state index in [-0.39, 0.29) is 31.9 Å². The number of rotatable bonds is 7. The predicted molar refractivity (Wildman–Crippen MR) is 211 cm³/mol. The second-order valence-electron chi connectivity index (χ2n) is 17.4. The van der Waals surface area contributed by atoms with Crippen LogP contribution in [0.25, 0.3) is 10.9 Å². The maximum atomic E-state index is 14.8. The number of carbonyl (C=O) groups is 4. The molecule has 1 aromatic carbocycles. The molecule has 0 bridgehead atoms. The molecule has 2 aliphatic carbocycles. The number of ether oxygens (including phenoxy) is 2. The van der Waals surface area contributed by atoms with Crippen LogP contribution >= 0.6 is 0 Å². The third-order valence-corrected chi connectivity index (χ3v) is 14.9. The van der Waals surface area contributed by atoms with Gasteiger partial charge < -0.3 is 25.0 Å². The lowest BCUT2D eigenvalue weighted by atomic mass is 9.65. The molecular formula is C42H57N5O8S. The van der Waals surface area contributed by atoms with Crippen LogP contribution in [0, 0.1) is 18.8 Å². The molecule has 1 saturated heterocycles. The number of hydrogen-bond donors (Lipinski definition) is 3. The van der Waals surface area contributed by atoms with Crippen LogP contribution in [0.15, 0.2) is 30.4 Å². The van der Waals surface area contributed by atoms with Crippen molar-refractivity contribution in [1.82, 2.24) is 25.2 Å². The van der Waals surface area contributed by atoms with E-state index >= 15 is 0 Å². The third-order valence-electron chi connectivity index (χ3n) is 12.8. The van der Waals surface area contributed by atoms with E-state index in [1.165, 1.54) is 10.5 Å². The van der Waals surface area contributed by atoms with Gasteiger partial charge in [-0.05, 0) is 102 Å². The van der Waals surface area contributed by atoms with Gasteiger partial charge in [0.05, 0.1) is 29.1 Å². The molecule has 13 nitrogen and oxygen atoms in total. The number of aryl methyl sites for hydroxylation is 3. The van der Waals surface area contributed by atoms with Gasteiger partial charge in [-0.1, -0.05) is 51.8 Å². The molecule has 3 fully saturated rings. The first-order chi connectivity index (χ1) is 26.6. The van der Waals surface area contributed by atoms with Gasteiger partial charge in [-0.2, -0.15) is 0 Å². The summed E-state index contributed by atoms with van der Waals surface area (Å²) in [6, 6.07) is 4.24. The minimum Gasteiger partial charge on any atom is -0.483 e. The topological polar surface area (TPSA) is 173 Å². The van der Waals surface area contributed by atoms with Crippen molar-refractivity contribution in [2.75, 3.05) is 13.2 Å². The lowest BCUT2D eigenvalue weighted by molar-refractivity contribution is -0.144. The Labute approximate surface area is 330 Å². The van der Waals surface area contributed by atoms with Gasteiger partial charge in [0, 0.05) is 23.3 Å². The normalized spacial score (nSPS) is 29.4. The average molecular weight is 792 g/mol. The zero-order chi connectivity index (χ0) is 40.0. The Balaban J connectivity index is 1.24. The van der Waals surface area contributed by atoms with Crippen LogP contribution < -0.4 is 20.1 Å². The summed E-state index contributed by atoms with van der Waals surface area (Å²) < 4.78 is 40.3. The number of carbonyl (C=O) groups excluding carboxylic acids is 4. The van der Waals surface area contributed by atoms with E-state index in [0.717, 1.165) is 35.7 Å². The zero-order valence-electron chi connectivity index (χ0n) is 33.4. The summed E-state index contributed by atoms with van der Waals surface area (Å²) in [5.41, 5.74) is 1.35. The van der Waals surface area contributed by atoms with E-state index in [0.29, 0.717) is 62.8 Å². The summed E-state index contributed by atoms with van der Waals surface area (Å²) in [5.74, 6) is -1.44. The lowest BCUT2D eigenvalue weighted by Gasteiger charge is -2.48. The molecule has 7 rings (SSSR count). The number of benzene rings is 1. The highest BCUT2D eigenvalue weighted by Crippen LogP contribution is 2.47. The molecule has 1 spiro atoms. The average Bonchev–Trinajstić information content (AvgIpc) is 3.82. The quantitative estimate of drug-likeness (QED) is 0.315. The molecule has 0 unspecified atom stereocenters. The summed E-state index contributed by atoms with van der Waals surface area (Å²) in [6.07, 6.45) is 10.4. The molecule has 3 aliphatic heterocycles. The summed E-state index contributed by atoms with van der Waals surface area (Å²) in [4.78, 5) is 63.2. The van der Waals surface area contributed by atoms with Crippen molar-refractivity contribution < 1.29 is 37.1 Å². The fourth-order valence-corrected chi connectivity index (χ4v) is 10.1. The number of amides is 4.